The first kappa shape index (κ1) is 15.5. The van der Waals surface area contributed by atoms with Gasteiger partial charge in [-0.15, -0.1) is 0 Å². The van der Waals surface area contributed by atoms with Crippen molar-refractivity contribution in [2.24, 2.45) is 0 Å². The molecule has 0 heterocycles. The molecule has 0 saturated heterocycles. The van der Waals surface area contributed by atoms with Crippen molar-refractivity contribution in [2.45, 2.75) is 51.1 Å². The second kappa shape index (κ2) is 6.68. The minimum atomic E-state index is -0.150. The van der Waals surface area contributed by atoms with Crippen LogP contribution in [-0.4, -0.2) is 31.1 Å². The van der Waals surface area contributed by atoms with E-state index in [1.807, 2.05) is 13.0 Å². The highest BCUT2D eigenvalue weighted by Gasteiger charge is 2.33. The van der Waals surface area contributed by atoms with E-state index in [1.54, 1.807) is 12.1 Å². The van der Waals surface area contributed by atoms with Crippen molar-refractivity contribution in [3.8, 4) is 0 Å². The Bertz CT molecular complexity index is 437. The fourth-order valence-electron chi connectivity index (χ4n) is 3.28. The molecule has 20 heavy (non-hydrogen) atoms. The number of benzene rings is 1. The lowest BCUT2D eigenvalue weighted by atomic mass is 9.80. The molecule has 0 spiro atoms. The molecule has 0 bridgehead atoms. The molecule has 1 fully saturated rings. The number of hydrogen-bond donors (Lipinski definition) is 1. The van der Waals surface area contributed by atoms with Crippen LogP contribution in [-0.2, 0) is 6.54 Å². The van der Waals surface area contributed by atoms with Crippen molar-refractivity contribution in [2.75, 3.05) is 20.6 Å². The third kappa shape index (κ3) is 3.58. The number of hydrogen-bond acceptors (Lipinski definition) is 2. The minimum Gasteiger partial charge on any atom is -0.311 e. The fraction of sp³-hybridized carbons (Fsp3) is 0.647. The van der Waals surface area contributed by atoms with Crippen LogP contribution in [0.3, 0.4) is 0 Å². The quantitative estimate of drug-likeness (QED) is 0.887. The van der Waals surface area contributed by atoms with Crippen molar-refractivity contribution in [3.63, 3.8) is 0 Å². The highest BCUT2D eigenvalue weighted by Crippen LogP contribution is 2.31. The lowest BCUT2D eigenvalue weighted by Gasteiger charge is -2.43. The van der Waals surface area contributed by atoms with E-state index in [4.69, 9.17) is 0 Å². The van der Waals surface area contributed by atoms with Crippen LogP contribution in [0.4, 0.5) is 4.39 Å². The van der Waals surface area contributed by atoms with E-state index in [0.29, 0.717) is 5.54 Å². The molecule has 0 aliphatic heterocycles. The number of likely N-dealkylation sites (N-methyl/N-ethyl adjacent to an activating group) is 1. The number of rotatable bonds is 5. The summed E-state index contributed by atoms with van der Waals surface area (Å²) in [6, 6.07) is 5.05. The molecule has 3 heteroatoms. The largest absolute Gasteiger partial charge is 0.311 e. The van der Waals surface area contributed by atoms with E-state index < -0.39 is 0 Å². The van der Waals surface area contributed by atoms with Gasteiger partial charge in [0.05, 0.1) is 0 Å². The van der Waals surface area contributed by atoms with Gasteiger partial charge in [-0.3, -0.25) is 0 Å². The van der Waals surface area contributed by atoms with Crippen LogP contribution >= 0.6 is 0 Å². The van der Waals surface area contributed by atoms with Crippen LogP contribution in [0.5, 0.6) is 0 Å². The molecule has 1 aromatic rings. The summed E-state index contributed by atoms with van der Waals surface area (Å²) in [6.45, 7) is 3.81. The molecule has 1 N–H and O–H groups in total. The Morgan fingerprint density at radius 2 is 1.90 bits per heavy atom. The zero-order valence-electron chi connectivity index (χ0n) is 13.0. The van der Waals surface area contributed by atoms with Crippen LogP contribution in [0.1, 0.15) is 43.2 Å². The lowest BCUT2D eigenvalue weighted by Crippen LogP contribution is -2.52. The molecule has 0 unspecified atom stereocenters. The van der Waals surface area contributed by atoms with Gasteiger partial charge in [-0.05, 0) is 57.1 Å². The summed E-state index contributed by atoms with van der Waals surface area (Å²) in [4.78, 5) is 2.39. The van der Waals surface area contributed by atoms with Gasteiger partial charge in [0.15, 0.2) is 0 Å². The topological polar surface area (TPSA) is 15.3 Å². The molecule has 0 atom stereocenters. The number of nitrogens with one attached hydrogen (secondary N) is 1. The Morgan fingerprint density at radius 3 is 2.50 bits per heavy atom. The van der Waals surface area contributed by atoms with Crippen LogP contribution in [0.15, 0.2) is 18.2 Å². The maximum Gasteiger partial charge on any atom is 0.123 e. The first-order valence-corrected chi connectivity index (χ1v) is 7.67. The van der Waals surface area contributed by atoms with Crippen LogP contribution in [0.25, 0.3) is 0 Å². The molecule has 1 saturated carbocycles. The van der Waals surface area contributed by atoms with Crippen molar-refractivity contribution in [3.05, 3.63) is 35.1 Å². The summed E-state index contributed by atoms with van der Waals surface area (Å²) in [5.74, 6) is -0.150. The second-order valence-corrected chi connectivity index (χ2v) is 6.35. The van der Waals surface area contributed by atoms with E-state index in [2.05, 4.69) is 24.3 Å². The first-order valence-electron chi connectivity index (χ1n) is 7.67. The van der Waals surface area contributed by atoms with Gasteiger partial charge in [-0.1, -0.05) is 25.3 Å². The number of aryl methyl sites for hydroxylation is 1. The van der Waals surface area contributed by atoms with Crippen molar-refractivity contribution in [1.82, 2.24) is 10.2 Å². The molecule has 0 amide bonds. The first-order chi connectivity index (χ1) is 9.53. The molecule has 2 nitrogen and oxygen atoms in total. The van der Waals surface area contributed by atoms with E-state index in [0.717, 1.165) is 18.7 Å². The Kier molecular flexibility index (Phi) is 5.17. The molecule has 1 aliphatic rings. The Morgan fingerprint density at radius 1 is 1.20 bits per heavy atom. The Labute approximate surface area is 122 Å². The normalized spacial score (nSPS) is 18.4. The SMILES string of the molecule is Cc1cc(F)ccc1CNCC1(N(C)C)CCCCC1. The van der Waals surface area contributed by atoms with Crippen LogP contribution in [0, 0.1) is 12.7 Å². The predicted molar refractivity (Wildman–Crippen MR) is 82.3 cm³/mol. The van der Waals surface area contributed by atoms with Crippen molar-refractivity contribution >= 4 is 0 Å². The summed E-state index contributed by atoms with van der Waals surface area (Å²) in [5.41, 5.74) is 2.52. The zero-order valence-corrected chi connectivity index (χ0v) is 13.0. The minimum absolute atomic E-state index is 0.150. The Hall–Kier alpha value is -0.930. The van der Waals surface area contributed by atoms with E-state index in [1.165, 1.54) is 37.7 Å². The Balaban J connectivity index is 1.93. The van der Waals surface area contributed by atoms with Gasteiger partial charge in [0.2, 0.25) is 0 Å². The van der Waals surface area contributed by atoms with Gasteiger partial charge >= 0.3 is 0 Å². The molecule has 0 radical (unpaired) electrons. The second-order valence-electron chi connectivity index (χ2n) is 6.35. The van der Waals surface area contributed by atoms with E-state index >= 15 is 0 Å². The molecule has 1 aromatic carbocycles. The average molecular weight is 278 g/mol. The molecule has 1 aliphatic carbocycles. The standard InChI is InChI=1S/C17H27FN2/c1-14-11-16(18)8-7-15(14)12-19-13-17(20(2)3)9-5-4-6-10-17/h7-8,11,19H,4-6,9-10,12-13H2,1-3H3. The zero-order chi connectivity index (χ0) is 14.6. The third-order valence-corrected chi connectivity index (χ3v) is 4.81. The van der Waals surface area contributed by atoms with Gasteiger partial charge in [0.25, 0.3) is 0 Å². The third-order valence-electron chi connectivity index (χ3n) is 4.81. The van der Waals surface area contributed by atoms with Gasteiger partial charge in [0.1, 0.15) is 5.82 Å². The highest BCUT2D eigenvalue weighted by molar-refractivity contribution is 5.26. The summed E-state index contributed by atoms with van der Waals surface area (Å²) in [5, 5.41) is 3.59. The van der Waals surface area contributed by atoms with E-state index in [9.17, 15) is 4.39 Å². The van der Waals surface area contributed by atoms with E-state index in [-0.39, 0.29) is 5.82 Å². The maximum absolute atomic E-state index is 13.1. The van der Waals surface area contributed by atoms with Gasteiger partial charge in [0, 0.05) is 18.6 Å². The van der Waals surface area contributed by atoms with Gasteiger partial charge < -0.3 is 10.2 Å². The predicted octanol–water partition coefficient (Wildman–Crippen LogP) is 3.49. The summed E-state index contributed by atoms with van der Waals surface area (Å²) < 4.78 is 13.1. The lowest BCUT2D eigenvalue weighted by molar-refractivity contribution is 0.0984. The molecule has 0 aromatic heterocycles. The maximum atomic E-state index is 13.1. The molecule has 112 valence electrons. The number of halogens is 1. The van der Waals surface area contributed by atoms with Gasteiger partial charge in [-0.2, -0.15) is 0 Å². The summed E-state index contributed by atoms with van der Waals surface area (Å²) >= 11 is 0. The summed E-state index contributed by atoms with van der Waals surface area (Å²) in [7, 11) is 4.38. The van der Waals surface area contributed by atoms with Crippen molar-refractivity contribution < 1.29 is 4.39 Å². The molecule has 2 rings (SSSR count). The monoisotopic (exact) mass is 278 g/mol. The van der Waals surface area contributed by atoms with Crippen molar-refractivity contribution in [1.29, 1.82) is 0 Å². The molecular weight excluding hydrogens is 251 g/mol. The van der Waals surface area contributed by atoms with Crippen LogP contribution in [0.2, 0.25) is 0 Å². The fourth-order valence-corrected chi connectivity index (χ4v) is 3.28. The van der Waals surface area contributed by atoms with Gasteiger partial charge in [-0.25, -0.2) is 4.39 Å². The smallest absolute Gasteiger partial charge is 0.123 e. The highest BCUT2D eigenvalue weighted by atomic mass is 19.1. The average Bonchev–Trinajstić information content (AvgIpc) is 2.42. The number of nitrogens with zero attached hydrogens (tertiary/aromatic N) is 1. The summed E-state index contributed by atoms with van der Waals surface area (Å²) in [6.07, 6.45) is 6.57. The van der Waals surface area contributed by atoms with Crippen LogP contribution < -0.4 is 5.32 Å². The molecular formula is C17H27FN2.